The van der Waals surface area contributed by atoms with Crippen LogP contribution >= 0.6 is 23.2 Å². The van der Waals surface area contributed by atoms with E-state index in [-0.39, 0.29) is 6.61 Å². The molecule has 5 nitrogen and oxygen atoms in total. The summed E-state index contributed by atoms with van der Waals surface area (Å²) in [6, 6.07) is 13.8. The maximum absolute atomic E-state index is 9.45. The van der Waals surface area contributed by atoms with E-state index < -0.39 is 0 Å². The van der Waals surface area contributed by atoms with Gasteiger partial charge in [-0.2, -0.15) is 0 Å². The first-order chi connectivity index (χ1) is 14.1. The Bertz CT molecular complexity index is 959. The summed E-state index contributed by atoms with van der Waals surface area (Å²) in [6.07, 6.45) is 3.13. The molecule has 0 radical (unpaired) electrons. The summed E-state index contributed by atoms with van der Waals surface area (Å²) in [6.45, 7) is 3.42. The number of hydrogen-bond acceptors (Lipinski definition) is 4. The molecule has 1 aromatic heterocycles. The zero-order chi connectivity index (χ0) is 20.2. The number of rotatable bonds is 8. The van der Waals surface area contributed by atoms with Crippen LogP contribution < -0.4 is 4.74 Å². The third-order valence-corrected chi connectivity index (χ3v) is 5.95. The van der Waals surface area contributed by atoms with Crippen LogP contribution in [0.1, 0.15) is 24.8 Å². The Hall–Kier alpha value is -1.79. The van der Waals surface area contributed by atoms with Crippen molar-refractivity contribution in [2.45, 2.75) is 31.8 Å². The molecular weight excluding hydrogens is 409 g/mol. The van der Waals surface area contributed by atoms with Gasteiger partial charge >= 0.3 is 0 Å². The minimum atomic E-state index is 0.235. The quantitative estimate of drug-likeness (QED) is 0.526. The molecule has 1 atom stereocenters. The maximum atomic E-state index is 9.45. The first-order valence-electron chi connectivity index (χ1n) is 10.0. The van der Waals surface area contributed by atoms with Gasteiger partial charge in [0.25, 0.3) is 0 Å². The lowest BCUT2D eigenvalue weighted by Crippen LogP contribution is -2.33. The molecule has 3 aromatic rings. The van der Waals surface area contributed by atoms with Gasteiger partial charge in [-0.25, -0.2) is 0 Å². The van der Waals surface area contributed by atoms with Crippen LogP contribution in [0, 0.1) is 0 Å². The van der Waals surface area contributed by atoms with Crippen LogP contribution in [-0.2, 0) is 6.54 Å². The van der Waals surface area contributed by atoms with Gasteiger partial charge in [-0.3, -0.25) is 9.58 Å². The molecule has 0 bridgehead atoms. The van der Waals surface area contributed by atoms with Gasteiger partial charge in [-0.05, 0) is 61.7 Å². The molecule has 2 heterocycles. The Morgan fingerprint density at radius 2 is 1.90 bits per heavy atom. The number of benzene rings is 2. The minimum absolute atomic E-state index is 0.235. The number of hydrogen-bond donors (Lipinski definition) is 1. The zero-order valence-electron chi connectivity index (χ0n) is 16.2. The molecule has 1 N–H and O–H groups in total. The number of nitrogens with zero attached hydrogens (tertiary/aromatic N) is 3. The highest BCUT2D eigenvalue weighted by Crippen LogP contribution is 2.29. The van der Waals surface area contributed by atoms with Crippen molar-refractivity contribution in [1.82, 2.24) is 14.7 Å². The standard InChI is InChI=1S/C22H25Cl2N3O2/c23-17-6-4-16(5-7-17)14-27-21-9-8-18(24)13-20(21)22(25-27)29-12-2-11-26-10-1-3-19(26)15-28/h4-9,13,19,28H,1-3,10-12,14-15H2. The molecule has 1 aliphatic heterocycles. The molecule has 1 unspecified atom stereocenters. The lowest BCUT2D eigenvalue weighted by molar-refractivity contribution is 0.150. The van der Waals surface area contributed by atoms with Gasteiger partial charge in [0.15, 0.2) is 0 Å². The molecule has 0 saturated carbocycles. The average molecular weight is 434 g/mol. The van der Waals surface area contributed by atoms with Crippen LogP contribution in [-0.4, -0.2) is 52.1 Å². The van der Waals surface area contributed by atoms with Crippen molar-refractivity contribution < 1.29 is 9.84 Å². The van der Waals surface area contributed by atoms with Gasteiger partial charge in [-0.15, -0.1) is 5.10 Å². The third-order valence-electron chi connectivity index (χ3n) is 5.46. The first kappa shape index (κ1) is 20.5. The maximum Gasteiger partial charge on any atom is 0.240 e. The van der Waals surface area contributed by atoms with E-state index in [9.17, 15) is 5.11 Å². The predicted octanol–water partition coefficient (Wildman–Crippen LogP) is 4.62. The lowest BCUT2D eigenvalue weighted by Gasteiger charge is -2.22. The van der Waals surface area contributed by atoms with Crippen molar-refractivity contribution in [3.8, 4) is 5.88 Å². The Morgan fingerprint density at radius 3 is 2.69 bits per heavy atom. The van der Waals surface area contributed by atoms with Crippen molar-refractivity contribution in [2.24, 2.45) is 0 Å². The average Bonchev–Trinajstić information content (AvgIpc) is 3.31. The van der Waals surface area contributed by atoms with Gasteiger partial charge in [-0.1, -0.05) is 35.3 Å². The van der Waals surface area contributed by atoms with E-state index in [2.05, 4.69) is 4.90 Å². The largest absolute Gasteiger partial charge is 0.476 e. The molecule has 0 aliphatic carbocycles. The van der Waals surface area contributed by atoms with E-state index in [4.69, 9.17) is 33.0 Å². The van der Waals surface area contributed by atoms with Crippen molar-refractivity contribution in [2.75, 3.05) is 26.3 Å². The van der Waals surface area contributed by atoms with Crippen LogP contribution in [0.25, 0.3) is 10.9 Å². The number of halogens is 2. The lowest BCUT2D eigenvalue weighted by atomic mass is 10.2. The monoisotopic (exact) mass is 433 g/mol. The second-order valence-electron chi connectivity index (χ2n) is 7.47. The molecule has 0 spiro atoms. The van der Waals surface area contributed by atoms with Gasteiger partial charge < -0.3 is 9.84 Å². The molecular formula is C22H25Cl2N3O2. The molecule has 4 rings (SSSR count). The molecule has 2 aromatic carbocycles. The van der Waals surface area contributed by atoms with Crippen LogP contribution in [0.15, 0.2) is 42.5 Å². The highest BCUT2D eigenvalue weighted by Gasteiger charge is 2.23. The summed E-state index contributed by atoms with van der Waals surface area (Å²) in [5.74, 6) is 0.608. The Kier molecular flexibility index (Phi) is 6.60. The SMILES string of the molecule is OCC1CCCN1CCCOc1nn(Cc2ccc(Cl)cc2)c2ccc(Cl)cc12. The number of aliphatic hydroxyl groups is 1. The number of aliphatic hydroxyl groups excluding tert-OH is 1. The Morgan fingerprint density at radius 1 is 1.10 bits per heavy atom. The van der Waals surface area contributed by atoms with Crippen molar-refractivity contribution >= 4 is 34.1 Å². The smallest absolute Gasteiger partial charge is 0.240 e. The van der Waals surface area contributed by atoms with E-state index in [0.717, 1.165) is 53.8 Å². The van der Waals surface area contributed by atoms with E-state index >= 15 is 0 Å². The molecule has 154 valence electrons. The summed E-state index contributed by atoms with van der Waals surface area (Å²) in [5, 5.41) is 16.4. The van der Waals surface area contributed by atoms with E-state index in [0.29, 0.717) is 30.1 Å². The third kappa shape index (κ3) is 4.86. The molecule has 7 heteroatoms. The fourth-order valence-electron chi connectivity index (χ4n) is 3.94. The number of ether oxygens (including phenoxy) is 1. The molecule has 1 saturated heterocycles. The first-order valence-corrected chi connectivity index (χ1v) is 10.8. The van der Waals surface area contributed by atoms with Gasteiger partial charge in [0.05, 0.1) is 30.7 Å². The van der Waals surface area contributed by atoms with E-state index in [1.807, 2.05) is 47.1 Å². The fourth-order valence-corrected chi connectivity index (χ4v) is 4.24. The zero-order valence-corrected chi connectivity index (χ0v) is 17.7. The number of fused-ring (bicyclic) bond motifs is 1. The van der Waals surface area contributed by atoms with Crippen molar-refractivity contribution in [3.63, 3.8) is 0 Å². The Labute approximate surface area is 180 Å². The van der Waals surface area contributed by atoms with E-state index in [1.54, 1.807) is 0 Å². The van der Waals surface area contributed by atoms with Gasteiger partial charge in [0.2, 0.25) is 5.88 Å². The summed E-state index contributed by atoms with van der Waals surface area (Å²) >= 11 is 12.2. The predicted molar refractivity (Wildman–Crippen MR) is 117 cm³/mol. The summed E-state index contributed by atoms with van der Waals surface area (Å²) in [4.78, 5) is 2.34. The van der Waals surface area contributed by atoms with Gasteiger partial charge in [0.1, 0.15) is 0 Å². The molecule has 1 fully saturated rings. The van der Waals surface area contributed by atoms with Crippen LogP contribution in [0.5, 0.6) is 5.88 Å². The molecule has 29 heavy (non-hydrogen) atoms. The number of likely N-dealkylation sites (tertiary alicyclic amines) is 1. The second kappa shape index (κ2) is 9.35. The topological polar surface area (TPSA) is 50.5 Å². The Balaban J connectivity index is 1.45. The summed E-state index contributed by atoms with van der Waals surface area (Å²) in [7, 11) is 0. The number of aromatic nitrogens is 2. The second-order valence-corrected chi connectivity index (χ2v) is 8.34. The van der Waals surface area contributed by atoms with Crippen molar-refractivity contribution in [1.29, 1.82) is 0 Å². The minimum Gasteiger partial charge on any atom is -0.476 e. The van der Waals surface area contributed by atoms with E-state index in [1.165, 1.54) is 0 Å². The molecule has 0 amide bonds. The van der Waals surface area contributed by atoms with Crippen LogP contribution in [0.4, 0.5) is 0 Å². The highest BCUT2D eigenvalue weighted by atomic mass is 35.5. The fraction of sp³-hybridized carbons (Fsp3) is 0.409. The van der Waals surface area contributed by atoms with Crippen molar-refractivity contribution in [3.05, 3.63) is 58.1 Å². The molecule has 1 aliphatic rings. The summed E-state index contributed by atoms with van der Waals surface area (Å²) < 4.78 is 7.98. The van der Waals surface area contributed by atoms with Crippen LogP contribution in [0.3, 0.4) is 0 Å². The van der Waals surface area contributed by atoms with Crippen LogP contribution in [0.2, 0.25) is 10.0 Å². The van der Waals surface area contributed by atoms with Gasteiger partial charge in [0, 0.05) is 22.6 Å². The summed E-state index contributed by atoms with van der Waals surface area (Å²) in [5.41, 5.74) is 2.10. The highest BCUT2D eigenvalue weighted by molar-refractivity contribution is 6.31. The normalized spacial score (nSPS) is 17.3.